The van der Waals surface area contributed by atoms with Gasteiger partial charge >= 0.3 is 0 Å². The largest absolute Gasteiger partial charge is 0.486 e. The molecule has 4 heteroatoms. The van der Waals surface area contributed by atoms with E-state index in [1.54, 1.807) is 0 Å². The van der Waals surface area contributed by atoms with Crippen molar-refractivity contribution >= 4 is 15.9 Å². The molecule has 0 spiro atoms. The van der Waals surface area contributed by atoms with Gasteiger partial charge in [0, 0.05) is 10.5 Å². The highest BCUT2D eigenvalue weighted by Crippen LogP contribution is 2.48. The summed E-state index contributed by atoms with van der Waals surface area (Å²) in [6.45, 7) is 5.92. The highest BCUT2D eigenvalue weighted by Gasteiger charge is 2.37. The molecule has 0 bridgehead atoms. The van der Waals surface area contributed by atoms with Crippen LogP contribution < -0.4 is 15.2 Å². The lowest BCUT2D eigenvalue weighted by atomic mass is 9.65. The van der Waals surface area contributed by atoms with Crippen molar-refractivity contribution in [3.63, 3.8) is 0 Å². The zero-order chi connectivity index (χ0) is 15.0. The molecule has 2 aliphatic rings. The zero-order valence-electron chi connectivity index (χ0n) is 12.8. The van der Waals surface area contributed by atoms with Gasteiger partial charge in [0.25, 0.3) is 0 Å². The topological polar surface area (TPSA) is 44.5 Å². The summed E-state index contributed by atoms with van der Waals surface area (Å²) in [5, 5.41) is 0. The highest BCUT2D eigenvalue weighted by atomic mass is 79.9. The third-order valence-electron chi connectivity index (χ3n) is 5.04. The van der Waals surface area contributed by atoms with Crippen LogP contribution in [0, 0.1) is 11.3 Å². The molecule has 0 amide bonds. The Morgan fingerprint density at radius 1 is 1.19 bits per heavy atom. The predicted octanol–water partition coefficient (Wildman–Crippen LogP) is 4.44. The van der Waals surface area contributed by atoms with Crippen LogP contribution in [-0.2, 0) is 0 Å². The minimum atomic E-state index is 0.0329. The lowest BCUT2D eigenvalue weighted by Crippen LogP contribution is -2.36. The number of rotatable bonds is 2. The number of hydrogen-bond acceptors (Lipinski definition) is 3. The van der Waals surface area contributed by atoms with Crippen molar-refractivity contribution in [3.8, 4) is 11.5 Å². The van der Waals surface area contributed by atoms with Gasteiger partial charge in [-0.25, -0.2) is 0 Å². The Kier molecular flexibility index (Phi) is 4.19. The van der Waals surface area contributed by atoms with E-state index < -0.39 is 0 Å². The van der Waals surface area contributed by atoms with Gasteiger partial charge in [-0.3, -0.25) is 0 Å². The van der Waals surface area contributed by atoms with Crippen molar-refractivity contribution in [1.82, 2.24) is 0 Å². The van der Waals surface area contributed by atoms with E-state index in [2.05, 4.69) is 35.8 Å². The van der Waals surface area contributed by atoms with Gasteiger partial charge < -0.3 is 15.2 Å². The second kappa shape index (κ2) is 5.81. The van der Waals surface area contributed by atoms with Crippen LogP contribution in [-0.4, -0.2) is 13.2 Å². The minimum absolute atomic E-state index is 0.0329. The Morgan fingerprint density at radius 3 is 2.52 bits per heavy atom. The molecule has 2 unspecified atom stereocenters. The quantitative estimate of drug-likeness (QED) is 0.854. The average Bonchev–Trinajstić information content (AvgIpc) is 2.45. The zero-order valence-corrected chi connectivity index (χ0v) is 14.4. The van der Waals surface area contributed by atoms with Crippen LogP contribution in [0.25, 0.3) is 0 Å². The molecule has 1 aliphatic carbocycles. The van der Waals surface area contributed by atoms with E-state index >= 15 is 0 Å². The maximum absolute atomic E-state index is 6.65. The number of ether oxygens (including phenoxy) is 2. The number of benzene rings is 1. The molecule has 3 rings (SSSR count). The molecule has 2 N–H and O–H groups in total. The van der Waals surface area contributed by atoms with Crippen LogP contribution in [0.2, 0.25) is 0 Å². The van der Waals surface area contributed by atoms with Crippen molar-refractivity contribution in [2.24, 2.45) is 17.1 Å². The fraction of sp³-hybridized carbons (Fsp3) is 0.647. The minimum Gasteiger partial charge on any atom is -0.486 e. The Hall–Kier alpha value is -0.740. The van der Waals surface area contributed by atoms with Gasteiger partial charge in [0.2, 0.25) is 0 Å². The van der Waals surface area contributed by atoms with Crippen molar-refractivity contribution in [2.75, 3.05) is 13.2 Å². The summed E-state index contributed by atoms with van der Waals surface area (Å²) in [4.78, 5) is 0. The standard InChI is InChI=1S/C17H24BrNO2/c1-17(2)6-4-3-5-12(17)16(19)11-9-14-15(10-13(11)18)21-8-7-20-14/h9-10,12,16H,3-8,19H2,1-2H3. The molecule has 3 nitrogen and oxygen atoms in total. The molecular weight excluding hydrogens is 330 g/mol. The second-order valence-corrected chi connectivity index (χ2v) is 7.74. The Bertz CT molecular complexity index is 530. The number of nitrogens with two attached hydrogens (primary N) is 1. The van der Waals surface area contributed by atoms with Crippen LogP contribution in [0.4, 0.5) is 0 Å². The lowest BCUT2D eigenvalue weighted by Gasteiger charge is -2.42. The third-order valence-corrected chi connectivity index (χ3v) is 5.73. The first-order valence-electron chi connectivity index (χ1n) is 7.84. The first-order valence-corrected chi connectivity index (χ1v) is 8.63. The van der Waals surface area contributed by atoms with Gasteiger partial charge in [-0.2, -0.15) is 0 Å². The smallest absolute Gasteiger partial charge is 0.162 e. The maximum atomic E-state index is 6.65. The monoisotopic (exact) mass is 353 g/mol. The predicted molar refractivity (Wildman–Crippen MR) is 87.8 cm³/mol. The maximum Gasteiger partial charge on any atom is 0.162 e. The van der Waals surface area contributed by atoms with Crippen LogP contribution in [0.15, 0.2) is 16.6 Å². The Morgan fingerprint density at radius 2 is 1.86 bits per heavy atom. The molecule has 0 radical (unpaired) electrons. The molecule has 1 aromatic carbocycles. The summed E-state index contributed by atoms with van der Waals surface area (Å²) in [5.74, 6) is 2.14. The van der Waals surface area contributed by atoms with E-state index in [1.165, 1.54) is 25.7 Å². The number of hydrogen-bond donors (Lipinski definition) is 1. The molecule has 1 fully saturated rings. The van der Waals surface area contributed by atoms with Crippen molar-refractivity contribution < 1.29 is 9.47 Å². The van der Waals surface area contributed by atoms with Crippen LogP contribution in [0.3, 0.4) is 0 Å². The van der Waals surface area contributed by atoms with E-state index in [-0.39, 0.29) is 6.04 Å². The van der Waals surface area contributed by atoms with Crippen LogP contribution >= 0.6 is 15.9 Å². The molecule has 1 saturated carbocycles. The summed E-state index contributed by atoms with van der Waals surface area (Å²) < 4.78 is 12.4. The van der Waals surface area contributed by atoms with Gasteiger partial charge in [0.1, 0.15) is 13.2 Å². The van der Waals surface area contributed by atoms with Crippen LogP contribution in [0.1, 0.15) is 51.1 Å². The highest BCUT2D eigenvalue weighted by molar-refractivity contribution is 9.10. The molecule has 1 aliphatic heterocycles. The lowest BCUT2D eigenvalue weighted by molar-refractivity contribution is 0.112. The summed E-state index contributed by atoms with van der Waals surface area (Å²) in [5.41, 5.74) is 8.09. The van der Waals surface area contributed by atoms with E-state index in [9.17, 15) is 0 Å². The van der Waals surface area contributed by atoms with Gasteiger partial charge in [0.05, 0.1) is 0 Å². The normalized spacial score (nSPS) is 25.4. The van der Waals surface area contributed by atoms with Gasteiger partial charge in [-0.15, -0.1) is 0 Å². The Labute approximate surface area is 135 Å². The van der Waals surface area contributed by atoms with E-state index in [4.69, 9.17) is 15.2 Å². The molecule has 2 atom stereocenters. The summed E-state index contributed by atoms with van der Waals surface area (Å²) in [6, 6.07) is 4.10. The first kappa shape index (κ1) is 15.2. The van der Waals surface area contributed by atoms with Crippen molar-refractivity contribution in [1.29, 1.82) is 0 Å². The molecule has 1 aromatic rings. The van der Waals surface area contributed by atoms with Crippen molar-refractivity contribution in [3.05, 3.63) is 22.2 Å². The molecular formula is C17H24BrNO2. The average molecular weight is 354 g/mol. The van der Waals surface area contributed by atoms with Crippen molar-refractivity contribution in [2.45, 2.75) is 45.6 Å². The fourth-order valence-corrected chi connectivity index (χ4v) is 4.33. The molecule has 0 saturated heterocycles. The van der Waals surface area contributed by atoms with E-state index in [0.29, 0.717) is 24.5 Å². The summed E-state index contributed by atoms with van der Waals surface area (Å²) >= 11 is 3.66. The second-order valence-electron chi connectivity index (χ2n) is 6.88. The third kappa shape index (κ3) is 2.93. The van der Waals surface area contributed by atoms with E-state index in [1.807, 2.05) is 6.07 Å². The molecule has 0 aromatic heterocycles. The molecule has 1 heterocycles. The summed E-state index contributed by atoms with van der Waals surface area (Å²) in [6.07, 6.45) is 5.06. The van der Waals surface area contributed by atoms with E-state index in [0.717, 1.165) is 21.5 Å². The molecule has 116 valence electrons. The molecule has 21 heavy (non-hydrogen) atoms. The van der Waals surface area contributed by atoms with Crippen LogP contribution in [0.5, 0.6) is 11.5 Å². The van der Waals surface area contributed by atoms with Gasteiger partial charge in [0.15, 0.2) is 11.5 Å². The number of fused-ring (bicyclic) bond motifs is 1. The van der Waals surface area contributed by atoms with Gasteiger partial charge in [-0.1, -0.05) is 42.6 Å². The Balaban J connectivity index is 1.92. The van der Waals surface area contributed by atoms with Gasteiger partial charge in [-0.05, 0) is 41.9 Å². The summed E-state index contributed by atoms with van der Waals surface area (Å²) in [7, 11) is 0. The first-order chi connectivity index (χ1) is 9.99. The number of halogens is 1. The SMILES string of the molecule is CC1(C)CCCCC1C(N)c1cc2c(cc1Br)OCCO2. The fourth-order valence-electron chi connectivity index (χ4n) is 3.74.